The molecule has 1 fully saturated rings. The van der Waals surface area contributed by atoms with Gasteiger partial charge in [-0.15, -0.1) is 11.3 Å². The van der Waals surface area contributed by atoms with E-state index in [-0.39, 0.29) is 11.6 Å². The van der Waals surface area contributed by atoms with Crippen molar-refractivity contribution in [2.75, 3.05) is 13.2 Å². The third-order valence-corrected chi connectivity index (χ3v) is 4.39. The van der Waals surface area contributed by atoms with Crippen LogP contribution >= 0.6 is 11.3 Å². The van der Waals surface area contributed by atoms with E-state index >= 15 is 0 Å². The second-order valence-electron chi connectivity index (χ2n) is 4.46. The fraction of sp³-hybridized carbons (Fsp3) is 0.750. The molecule has 0 saturated carbocycles. The van der Waals surface area contributed by atoms with Gasteiger partial charge in [0.15, 0.2) is 0 Å². The van der Waals surface area contributed by atoms with Crippen LogP contribution in [0.3, 0.4) is 0 Å². The van der Waals surface area contributed by atoms with E-state index in [0.717, 1.165) is 31.7 Å². The van der Waals surface area contributed by atoms with Gasteiger partial charge in [-0.3, -0.25) is 0 Å². The molecule has 2 heterocycles. The van der Waals surface area contributed by atoms with Crippen molar-refractivity contribution in [2.24, 2.45) is 0 Å². The van der Waals surface area contributed by atoms with Crippen molar-refractivity contribution in [1.29, 1.82) is 0 Å². The van der Waals surface area contributed by atoms with Crippen LogP contribution in [0.4, 0.5) is 0 Å². The van der Waals surface area contributed by atoms with E-state index in [1.165, 1.54) is 5.01 Å². The first kappa shape index (κ1) is 12.0. The second-order valence-corrected chi connectivity index (χ2v) is 5.31. The molecule has 1 aliphatic heterocycles. The van der Waals surface area contributed by atoms with Crippen LogP contribution < -0.4 is 5.32 Å². The van der Waals surface area contributed by atoms with Gasteiger partial charge in [-0.2, -0.15) is 0 Å². The minimum atomic E-state index is -0.0467. The summed E-state index contributed by atoms with van der Waals surface area (Å²) in [5.41, 5.74) is 1.06. The Kier molecular flexibility index (Phi) is 3.62. The maximum atomic E-state index is 5.73. The Hall–Kier alpha value is -0.450. The van der Waals surface area contributed by atoms with E-state index in [1.807, 2.05) is 6.92 Å². The summed E-state index contributed by atoms with van der Waals surface area (Å²) >= 11 is 1.75. The van der Waals surface area contributed by atoms with E-state index in [9.17, 15) is 0 Å². The molecule has 0 amide bonds. The summed E-state index contributed by atoms with van der Waals surface area (Å²) < 4.78 is 5.73. The molecule has 1 aliphatic rings. The standard InChI is InChI=1S/C12H20N2OS/c1-4-6-13-12(5-7-15-10(12)3)11-14-9(2)8-16-11/h8,10,13H,4-7H2,1-3H3. The molecule has 2 unspecified atom stereocenters. The number of aromatic nitrogens is 1. The highest BCUT2D eigenvalue weighted by Gasteiger charge is 2.44. The lowest BCUT2D eigenvalue weighted by Gasteiger charge is -2.31. The van der Waals surface area contributed by atoms with Crippen LogP contribution in [0.15, 0.2) is 5.38 Å². The molecule has 0 aliphatic carbocycles. The Morgan fingerprint density at radius 1 is 1.69 bits per heavy atom. The molecule has 2 rings (SSSR count). The smallest absolute Gasteiger partial charge is 0.116 e. The summed E-state index contributed by atoms with van der Waals surface area (Å²) in [5, 5.41) is 6.95. The third kappa shape index (κ3) is 2.01. The summed E-state index contributed by atoms with van der Waals surface area (Å²) in [4.78, 5) is 4.64. The second kappa shape index (κ2) is 4.82. The van der Waals surface area contributed by atoms with Gasteiger partial charge in [0.1, 0.15) is 5.01 Å². The maximum Gasteiger partial charge on any atom is 0.116 e. The molecule has 0 bridgehead atoms. The number of nitrogens with zero attached hydrogens (tertiary/aromatic N) is 1. The highest BCUT2D eigenvalue weighted by atomic mass is 32.1. The fourth-order valence-electron chi connectivity index (χ4n) is 2.24. The SMILES string of the molecule is CCCNC1(c2nc(C)cs2)CCOC1C. The summed E-state index contributed by atoms with van der Waals surface area (Å²) in [6.07, 6.45) is 2.38. The van der Waals surface area contributed by atoms with Gasteiger partial charge in [-0.05, 0) is 33.2 Å². The molecule has 16 heavy (non-hydrogen) atoms. The first-order valence-corrected chi connectivity index (χ1v) is 6.86. The van der Waals surface area contributed by atoms with E-state index in [0.29, 0.717) is 0 Å². The Morgan fingerprint density at radius 3 is 3.00 bits per heavy atom. The predicted molar refractivity (Wildman–Crippen MR) is 66.9 cm³/mol. The van der Waals surface area contributed by atoms with Crippen LogP contribution in [0.25, 0.3) is 0 Å². The number of rotatable bonds is 4. The van der Waals surface area contributed by atoms with Crippen molar-refractivity contribution in [3.63, 3.8) is 0 Å². The Balaban J connectivity index is 2.26. The van der Waals surface area contributed by atoms with Crippen molar-refractivity contribution in [1.82, 2.24) is 10.3 Å². The van der Waals surface area contributed by atoms with Gasteiger partial charge in [0.25, 0.3) is 0 Å². The third-order valence-electron chi connectivity index (χ3n) is 3.25. The minimum Gasteiger partial charge on any atom is -0.376 e. The Labute approximate surface area is 101 Å². The molecule has 0 spiro atoms. The number of hydrogen-bond donors (Lipinski definition) is 1. The first-order valence-electron chi connectivity index (χ1n) is 5.98. The highest BCUT2D eigenvalue weighted by molar-refractivity contribution is 7.09. The van der Waals surface area contributed by atoms with E-state index in [4.69, 9.17) is 4.74 Å². The topological polar surface area (TPSA) is 34.2 Å². The Bertz CT molecular complexity index is 353. The van der Waals surface area contributed by atoms with Crippen LogP contribution in [-0.2, 0) is 10.3 Å². The van der Waals surface area contributed by atoms with Crippen molar-refractivity contribution in [3.05, 3.63) is 16.1 Å². The van der Waals surface area contributed by atoms with Gasteiger partial charge in [0, 0.05) is 17.7 Å². The molecule has 1 aromatic rings. The van der Waals surface area contributed by atoms with Crippen LogP contribution in [0.1, 0.15) is 37.4 Å². The normalized spacial score (nSPS) is 29.8. The molecule has 2 atom stereocenters. The predicted octanol–water partition coefficient (Wildman–Crippen LogP) is 2.46. The van der Waals surface area contributed by atoms with Gasteiger partial charge in [0.2, 0.25) is 0 Å². The number of aryl methyl sites for hydroxylation is 1. The van der Waals surface area contributed by atoms with E-state index in [2.05, 4.69) is 29.5 Å². The van der Waals surface area contributed by atoms with Gasteiger partial charge >= 0.3 is 0 Å². The van der Waals surface area contributed by atoms with Crippen LogP contribution in [0, 0.1) is 6.92 Å². The van der Waals surface area contributed by atoms with E-state index < -0.39 is 0 Å². The van der Waals surface area contributed by atoms with Crippen LogP contribution in [0.5, 0.6) is 0 Å². The Morgan fingerprint density at radius 2 is 2.50 bits per heavy atom. The molecule has 1 N–H and O–H groups in total. The number of hydrogen-bond acceptors (Lipinski definition) is 4. The lowest BCUT2D eigenvalue weighted by atomic mass is 9.92. The zero-order valence-corrected chi connectivity index (χ0v) is 11.1. The summed E-state index contributed by atoms with van der Waals surface area (Å²) in [5.74, 6) is 0. The maximum absolute atomic E-state index is 5.73. The van der Waals surface area contributed by atoms with Crippen LogP contribution in [0.2, 0.25) is 0 Å². The molecule has 1 saturated heterocycles. The minimum absolute atomic E-state index is 0.0467. The zero-order valence-electron chi connectivity index (χ0n) is 10.2. The summed E-state index contributed by atoms with van der Waals surface area (Å²) in [6.45, 7) is 8.23. The number of nitrogens with one attached hydrogen (secondary N) is 1. The first-order chi connectivity index (χ1) is 7.69. The number of thiazole rings is 1. The van der Waals surface area contributed by atoms with Crippen molar-refractivity contribution in [3.8, 4) is 0 Å². The average molecular weight is 240 g/mol. The summed E-state index contributed by atoms with van der Waals surface area (Å²) in [7, 11) is 0. The van der Waals surface area contributed by atoms with Crippen molar-refractivity contribution < 1.29 is 4.74 Å². The zero-order chi connectivity index (χ0) is 11.6. The monoisotopic (exact) mass is 240 g/mol. The number of ether oxygens (including phenoxy) is 1. The van der Waals surface area contributed by atoms with E-state index in [1.54, 1.807) is 11.3 Å². The molecule has 3 nitrogen and oxygen atoms in total. The van der Waals surface area contributed by atoms with Crippen molar-refractivity contribution >= 4 is 11.3 Å². The lowest BCUT2D eigenvalue weighted by molar-refractivity contribution is 0.0819. The average Bonchev–Trinajstić information content (AvgIpc) is 2.83. The molecule has 0 radical (unpaired) electrons. The molecule has 90 valence electrons. The van der Waals surface area contributed by atoms with Gasteiger partial charge < -0.3 is 10.1 Å². The fourth-order valence-corrected chi connectivity index (χ4v) is 3.32. The molecule has 1 aromatic heterocycles. The van der Waals surface area contributed by atoms with Crippen LogP contribution in [-0.4, -0.2) is 24.2 Å². The van der Waals surface area contributed by atoms with Gasteiger partial charge in [-0.25, -0.2) is 4.98 Å². The highest BCUT2D eigenvalue weighted by Crippen LogP contribution is 2.37. The molecular formula is C12H20N2OS. The van der Waals surface area contributed by atoms with Gasteiger partial charge in [0.05, 0.1) is 11.6 Å². The van der Waals surface area contributed by atoms with Crippen molar-refractivity contribution in [2.45, 2.75) is 45.3 Å². The largest absolute Gasteiger partial charge is 0.376 e. The molecule has 0 aromatic carbocycles. The van der Waals surface area contributed by atoms with Gasteiger partial charge in [-0.1, -0.05) is 6.92 Å². The molecular weight excluding hydrogens is 220 g/mol. The quantitative estimate of drug-likeness (QED) is 0.878. The molecule has 4 heteroatoms. The lowest BCUT2D eigenvalue weighted by Crippen LogP contribution is -2.47. The summed E-state index contributed by atoms with van der Waals surface area (Å²) in [6, 6.07) is 0.